The quantitative estimate of drug-likeness (QED) is 0.723. The van der Waals surface area contributed by atoms with E-state index >= 15 is 0 Å². The average Bonchev–Trinajstić information content (AvgIpc) is 2.53. The van der Waals surface area contributed by atoms with E-state index in [1.807, 2.05) is 18.2 Å². The highest BCUT2D eigenvalue weighted by molar-refractivity contribution is 5.90. The second-order valence-electron chi connectivity index (χ2n) is 5.24. The van der Waals surface area contributed by atoms with Crippen molar-refractivity contribution >= 4 is 28.2 Å². The third kappa shape index (κ3) is 3.06. The van der Waals surface area contributed by atoms with Crippen molar-refractivity contribution < 1.29 is 4.79 Å². The van der Waals surface area contributed by atoms with E-state index in [4.69, 9.17) is 5.73 Å². The molecule has 0 spiro atoms. The van der Waals surface area contributed by atoms with E-state index in [9.17, 15) is 9.59 Å². The molecule has 0 unspecified atom stereocenters. The first-order valence-corrected chi connectivity index (χ1v) is 7.16. The van der Waals surface area contributed by atoms with Crippen LogP contribution in [0.25, 0.3) is 10.9 Å². The summed E-state index contributed by atoms with van der Waals surface area (Å²) in [6.07, 6.45) is 0. The van der Waals surface area contributed by atoms with Crippen LogP contribution in [-0.2, 0) is 11.3 Å². The molecule has 0 fully saturated rings. The van der Waals surface area contributed by atoms with Crippen molar-refractivity contribution in [3.63, 3.8) is 0 Å². The summed E-state index contributed by atoms with van der Waals surface area (Å²) >= 11 is 0. The van der Waals surface area contributed by atoms with Gasteiger partial charge in [0.05, 0.1) is 10.9 Å². The topological polar surface area (TPSA) is 90.0 Å². The van der Waals surface area contributed by atoms with Crippen LogP contribution in [0.3, 0.4) is 0 Å². The molecule has 3 rings (SSSR count). The highest BCUT2D eigenvalue weighted by atomic mass is 16.2. The van der Waals surface area contributed by atoms with Gasteiger partial charge in [0.15, 0.2) is 0 Å². The number of para-hydroxylation sites is 1. The number of benzene rings is 2. The second-order valence-corrected chi connectivity index (χ2v) is 5.24. The number of carbonyl (C=O) groups excluding carboxylic acids is 1. The molecule has 0 radical (unpaired) electrons. The number of hydrogen-bond acceptors (Lipinski definition) is 4. The first-order valence-electron chi connectivity index (χ1n) is 7.16. The molecule has 0 saturated carbocycles. The average molecular weight is 308 g/mol. The lowest BCUT2D eigenvalue weighted by atomic mass is 10.2. The number of aromatic nitrogens is 2. The van der Waals surface area contributed by atoms with Crippen LogP contribution < -0.4 is 16.6 Å². The molecular weight excluding hydrogens is 292 g/mol. The number of rotatable bonds is 3. The minimum Gasteiger partial charge on any atom is -0.399 e. The minimum atomic E-state index is -0.286. The Morgan fingerprint density at radius 3 is 2.70 bits per heavy atom. The Bertz CT molecular complexity index is 932. The molecule has 23 heavy (non-hydrogen) atoms. The van der Waals surface area contributed by atoms with Crippen molar-refractivity contribution in [1.82, 2.24) is 9.55 Å². The molecule has 116 valence electrons. The summed E-state index contributed by atoms with van der Waals surface area (Å²) in [6, 6.07) is 14.1. The molecule has 2 aromatic carbocycles. The first-order chi connectivity index (χ1) is 11.0. The van der Waals surface area contributed by atoms with Crippen molar-refractivity contribution in [2.75, 3.05) is 11.1 Å². The summed E-state index contributed by atoms with van der Waals surface area (Å²) in [7, 11) is 0. The number of nitrogens with one attached hydrogen (secondary N) is 1. The Balaban J connectivity index is 1.93. The zero-order valence-electron chi connectivity index (χ0n) is 12.6. The van der Waals surface area contributed by atoms with E-state index < -0.39 is 0 Å². The number of anilines is 2. The summed E-state index contributed by atoms with van der Waals surface area (Å²) < 4.78 is 1.35. The van der Waals surface area contributed by atoms with Crippen molar-refractivity contribution in [3.05, 3.63) is 64.7 Å². The minimum absolute atomic E-state index is 0.0999. The van der Waals surface area contributed by atoms with Crippen molar-refractivity contribution in [3.8, 4) is 0 Å². The molecule has 6 nitrogen and oxygen atoms in total. The van der Waals surface area contributed by atoms with Gasteiger partial charge in [-0.3, -0.25) is 14.2 Å². The Morgan fingerprint density at radius 1 is 1.22 bits per heavy atom. The Morgan fingerprint density at radius 2 is 1.96 bits per heavy atom. The smallest absolute Gasteiger partial charge is 0.261 e. The van der Waals surface area contributed by atoms with Gasteiger partial charge in [-0.25, -0.2) is 4.98 Å². The molecule has 1 amide bonds. The molecule has 0 aliphatic heterocycles. The van der Waals surface area contributed by atoms with E-state index in [1.54, 1.807) is 37.3 Å². The summed E-state index contributed by atoms with van der Waals surface area (Å²) in [5.41, 5.74) is 7.19. The lowest BCUT2D eigenvalue weighted by molar-refractivity contribution is -0.116. The maximum Gasteiger partial charge on any atom is 0.261 e. The van der Waals surface area contributed by atoms with Crippen molar-refractivity contribution in [2.24, 2.45) is 0 Å². The van der Waals surface area contributed by atoms with Crippen LogP contribution in [0.5, 0.6) is 0 Å². The number of aryl methyl sites for hydroxylation is 1. The zero-order chi connectivity index (χ0) is 16.4. The predicted molar refractivity (Wildman–Crippen MR) is 90.2 cm³/mol. The van der Waals surface area contributed by atoms with Gasteiger partial charge < -0.3 is 11.1 Å². The first kappa shape index (κ1) is 14.8. The zero-order valence-corrected chi connectivity index (χ0v) is 12.6. The van der Waals surface area contributed by atoms with Crippen molar-refractivity contribution in [1.29, 1.82) is 0 Å². The summed E-state index contributed by atoms with van der Waals surface area (Å²) in [5.74, 6) is 0.196. The molecule has 1 heterocycles. The Hall–Kier alpha value is -3.15. The van der Waals surface area contributed by atoms with Crippen LogP contribution in [0, 0.1) is 6.92 Å². The Kier molecular flexibility index (Phi) is 3.80. The number of nitrogens with two attached hydrogens (primary N) is 1. The lowest BCUT2D eigenvalue weighted by Gasteiger charge is -2.11. The molecule has 0 aliphatic carbocycles. The molecule has 0 aliphatic rings. The molecule has 3 aromatic rings. The molecular formula is C17H16N4O2. The van der Waals surface area contributed by atoms with E-state index in [1.165, 1.54) is 4.57 Å². The van der Waals surface area contributed by atoms with Gasteiger partial charge in [0.1, 0.15) is 12.4 Å². The standard InChI is InChI=1S/C17H16N4O2/c1-11-19-15-8-7-12(18)9-14(15)17(23)21(11)10-16(22)20-13-5-3-2-4-6-13/h2-9H,10,18H2,1H3,(H,20,22). The third-order valence-corrected chi connectivity index (χ3v) is 3.53. The largest absolute Gasteiger partial charge is 0.399 e. The number of carbonyl (C=O) groups is 1. The van der Waals surface area contributed by atoms with Gasteiger partial charge in [0, 0.05) is 11.4 Å². The second kappa shape index (κ2) is 5.92. The molecule has 3 N–H and O–H groups in total. The number of fused-ring (bicyclic) bond motifs is 1. The molecule has 0 saturated heterocycles. The van der Waals surface area contributed by atoms with Gasteiger partial charge >= 0.3 is 0 Å². The van der Waals surface area contributed by atoms with Crippen molar-refractivity contribution in [2.45, 2.75) is 13.5 Å². The van der Waals surface area contributed by atoms with E-state index in [-0.39, 0.29) is 18.0 Å². The number of hydrogen-bond donors (Lipinski definition) is 2. The Labute approximate surface area is 132 Å². The highest BCUT2D eigenvalue weighted by Crippen LogP contribution is 2.12. The van der Waals surface area contributed by atoms with Crippen LogP contribution >= 0.6 is 0 Å². The van der Waals surface area contributed by atoms with Crippen LogP contribution in [0.2, 0.25) is 0 Å². The van der Waals surface area contributed by atoms with Gasteiger partial charge in [-0.05, 0) is 37.3 Å². The van der Waals surface area contributed by atoms with Gasteiger partial charge in [-0.1, -0.05) is 18.2 Å². The molecule has 6 heteroatoms. The maximum absolute atomic E-state index is 12.6. The van der Waals surface area contributed by atoms with Crippen LogP contribution in [0.15, 0.2) is 53.3 Å². The van der Waals surface area contributed by atoms with Crippen LogP contribution in [0.1, 0.15) is 5.82 Å². The fraction of sp³-hybridized carbons (Fsp3) is 0.118. The van der Waals surface area contributed by atoms with E-state index in [2.05, 4.69) is 10.3 Å². The molecule has 0 atom stereocenters. The van der Waals surface area contributed by atoms with Gasteiger partial charge in [0.25, 0.3) is 5.56 Å². The summed E-state index contributed by atoms with van der Waals surface area (Å²) in [4.78, 5) is 29.1. The fourth-order valence-corrected chi connectivity index (χ4v) is 2.40. The van der Waals surface area contributed by atoms with Gasteiger partial charge in [0.2, 0.25) is 5.91 Å². The predicted octanol–water partition coefficient (Wildman–Crippen LogP) is 1.93. The number of nitrogens with zero attached hydrogens (tertiary/aromatic N) is 2. The number of amides is 1. The van der Waals surface area contributed by atoms with E-state index in [0.29, 0.717) is 28.1 Å². The van der Waals surface area contributed by atoms with Crippen LogP contribution in [0.4, 0.5) is 11.4 Å². The van der Waals surface area contributed by atoms with Gasteiger partial charge in [-0.2, -0.15) is 0 Å². The fourth-order valence-electron chi connectivity index (χ4n) is 2.40. The summed E-state index contributed by atoms with van der Waals surface area (Å²) in [5, 5.41) is 3.16. The molecule has 0 bridgehead atoms. The third-order valence-electron chi connectivity index (χ3n) is 3.53. The molecule has 1 aromatic heterocycles. The van der Waals surface area contributed by atoms with Crippen LogP contribution in [-0.4, -0.2) is 15.5 Å². The summed E-state index contributed by atoms with van der Waals surface area (Å²) in [6.45, 7) is 1.60. The van der Waals surface area contributed by atoms with Gasteiger partial charge in [-0.15, -0.1) is 0 Å². The lowest BCUT2D eigenvalue weighted by Crippen LogP contribution is -2.30. The SMILES string of the molecule is Cc1nc2ccc(N)cc2c(=O)n1CC(=O)Nc1ccccc1. The number of nitrogen functional groups attached to an aromatic ring is 1. The maximum atomic E-state index is 12.6. The highest BCUT2D eigenvalue weighted by Gasteiger charge is 2.12. The monoisotopic (exact) mass is 308 g/mol. The normalized spacial score (nSPS) is 10.7. The van der Waals surface area contributed by atoms with E-state index in [0.717, 1.165) is 0 Å².